The molecule has 3 rings (SSSR count). The summed E-state index contributed by atoms with van der Waals surface area (Å²) in [6, 6.07) is 6.95. The summed E-state index contributed by atoms with van der Waals surface area (Å²) < 4.78 is 23.7. The van der Waals surface area contributed by atoms with E-state index < -0.39 is 9.84 Å². The number of hydrogen-bond acceptors (Lipinski definition) is 4. The molecule has 0 radical (unpaired) electrons. The molecule has 1 aromatic rings. The van der Waals surface area contributed by atoms with Crippen LogP contribution in [0.2, 0.25) is 0 Å². The average Bonchev–Trinajstić information content (AvgIpc) is 2.90. The summed E-state index contributed by atoms with van der Waals surface area (Å²) in [6.45, 7) is 2.13. The van der Waals surface area contributed by atoms with Crippen LogP contribution < -0.4 is 5.32 Å². The number of amides is 1. The Labute approximate surface area is 131 Å². The summed E-state index contributed by atoms with van der Waals surface area (Å²) in [6.07, 6.45) is 5.62. The van der Waals surface area contributed by atoms with Crippen molar-refractivity contribution in [2.75, 3.05) is 19.3 Å². The Hall–Kier alpha value is -1.40. The largest absolute Gasteiger partial charge is 0.348 e. The van der Waals surface area contributed by atoms with Gasteiger partial charge in [-0.2, -0.15) is 0 Å². The van der Waals surface area contributed by atoms with Gasteiger partial charge in [0.2, 0.25) is 0 Å². The maximum Gasteiger partial charge on any atom is 0.252 e. The molecule has 1 amide bonds. The van der Waals surface area contributed by atoms with Gasteiger partial charge in [-0.05, 0) is 37.9 Å². The molecule has 0 aliphatic carbocycles. The zero-order valence-corrected chi connectivity index (χ0v) is 13.6. The number of piperidine rings is 1. The fourth-order valence-corrected chi connectivity index (χ4v) is 4.53. The normalized spacial score (nSPS) is 25.7. The molecule has 0 aromatic heterocycles. The molecule has 22 heavy (non-hydrogen) atoms. The summed E-state index contributed by atoms with van der Waals surface area (Å²) in [5.74, 6) is -0.279. The molecular formula is C16H22N2O3S. The lowest BCUT2D eigenvalue weighted by molar-refractivity contribution is 0.0912. The number of sulfone groups is 1. The van der Waals surface area contributed by atoms with Gasteiger partial charge >= 0.3 is 0 Å². The van der Waals surface area contributed by atoms with Crippen LogP contribution in [0.5, 0.6) is 0 Å². The molecule has 2 atom stereocenters. The van der Waals surface area contributed by atoms with Crippen LogP contribution in [0.3, 0.4) is 0 Å². The van der Waals surface area contributed by atoms with Crippen molar-refractivity contribution in [1.29, 1.82) is 0 Å². The SMILES string of the molecule is CS(=O)(=O)c1ccccc1C(=O)N[C@H]1CCN2CCCC[C@@H]12. The molecule has 0 bridgehead atoms. The van der Waals surface area contributed by atoms with E-state index in [0.29, 0.717) is 6.04 Å². The van der Waals surface area contributed by atoms with E-state index in [4.69, 9.17) is 0 Å². The third-order valence-corrected chi connectivity index (χ3v) is 5.86. The number of hydrogen-bond donors (Lipinski definition) is 1. The Balaban J connectivity index is 1.78. The van der Waals surface area contributed by atoms with Gasteiger partial charge in [-0.3, -0.25) is 9.69 Å². The van der Waals surface area contributed by atoms with Crippen molar-refractivity contribution in [2.45, 2.75) is 42.7 Å². The first-order valence-corrected chi connectivity index (χ1v) is 9.70. The minimum absolute atomic E-state index is 0.103. The molecule has 5 nitrogen and oxygen atoms in total. The van der Waals surface area contributed by atoms with E-state index in [1.165, 1.54) is 18.9 Å². The molecule has 0 unspecified atom stereocenters. The van der Waals surface area contributed by atoms with Gasteiger partial charge in [-0.1, -0.05) is 18.6 Å². The highest BCUT2D eigenvalue weighted by atomic mass is 32.2. The van der Waals surface area contributed by atoms with Crippen LogP contribution in [0.15, 0.2) is 29.2 Å². The minimum Gasteiger partial charge on any atom is -0.348 e. The Kier molecular flexibility index (Phi) is 4.23. The molecule has 120 valence electrons. The van der Waals surface area contributed by atoms with E-state index in [2.05, 4.69) is 10.2 Å². The lowest BCUT2D eigenvalue weighted by atomic mass is 9.99. The van der Waals surface area contributed by atoms with Gasteiger partial charge in [-0.15, -0.1) is 0 Å². The number of fused-ring (bicyclic) bond motifs is 1. The molecule has 2 saturated heterocycles. The summed E-state index contributed by atoms with van der Waals surface area (Å²) in [5.41, 5.74) is 0.249. The Bertz CT molecular complexity index is 672. The van der Waals surface area contributed by atoms with E-state index in [0.717, 1.165) is 32.2 Å². The predicted molar refractivity (Wildman–Crippen MR) is 84.6 cm³/mol. The summed E-state index contributed by atoms with van der Waals surface area (Å²) in [5, 5.41) is 3.06. The monoisotopic (exact) mass is 322 g/mol. The van der Waals surface area contributed by atoms with E-state index in [1.807, 2.05) is 0 Å². The van der Waals surface area contributed by atoms with Gasteiger partial charge in [0, 0.05) is 24.9 Å². The molecule has 6 heteroatoms. The van der Waals surface area contributed by atoms with Crippen molar-refractivity contribution >= 4 is 15.7 Å². The lowest BCUT2D eigenvalue weighted by Crippen LogP contribution is -2.47. The predicted octanol–water partition coefficient (Wildman–Crippen LogP) is 1.45. The zero-order valence-electron chi connectivity index (χ0n) is 12.8. The minimum atomic E-state index is -3.41. The van der Waals surface area contributed by atoms with Gasteiger partial charge in [0.05, 0.1) is 10.5 Å². The highest BCUT2D eigenvalue weighted by Gasteiger charge is 2.36. The van der Waals surface area contributed by atoms with Gasteiger partial charge in [0.25, 0.3) is 5.91 Å². The van der Waals surface area contributed by atoms with Crippen molar-refractivity contribution in [2.24, 2.45) is 0 Å². The summed E-state index contributed by atoms with van der Waals surface area (Å²) in [4.78, 5) is 15.1. The van der Waals surface area contributed by atoms with E-state index in [-0.39, 0.29) is 22.4 Å². The van der Waals surface area contributed by atoms with E-state index in [9.17, 15) is 13.2 Å². The van der Waals surface area contributed by atoms with Crippen LogP contribution in [-0.2, 0) is 9.84 Å². The third-order valence-electron chi connectivity index (χ3n) is 4.70. The van der Waals surface area contributed by atoms with Gasteiger partial charge < -0.3 is 5.32 Å². The van der Waals surface area contributed by atoms with Crippen LogP contribution in [-0.4, -0.2) is 50.7 Å². The molecular weight excluding hydrogens is 300 g/mol. The molecule has 2 fully saturated rings. The lowest BCUT2D eigenvalue weighted by Gasteiger charge is -2.32. The molecule has 0 spiro atoms. The van der Waals surface area contributed by atoms with Crippen molar-refractivity contribution < 1.29 is 13.2 Å². The van der Waals surface area contributed by atoms with Crippen molar-refractivity contribution in [3.63, 3.8) is 0 Å². The van der Waals surface area contributed by atoms with Gasteiger partial charge in [-0.25, -0.2) is 8.42 Å². The second-order valence-electron chi connectivity index (χ2n) is 6.24. The number of benzene rings is 1. The van der Waals surface area contributed by atoms with Crippen LogP contribution in [0.25, 0.3) is 0 Å². The molecule has 2 aliphatic rings. The Morgan fingerprint density at radius 2 is 1.95 bits per heavy atom. The summed E-state index contributed by atoms with van der Waals surface area (Å²) >= 11 is 0. The second kappa shape index (κ2) is 6.01. The fourth-order valence-electron chi connectivity index (χ4n) is 3.64. The Morgan fingerprint density at radius 1 is 1.18 bits per heavy atom. The molecule has 1 aromatic carbocycles. The topological polar surface area (TPSA) is 66.5 Å². The van der Waals surface area contributed by atoms with Crippen LogP contribution >= 0.6 is 0 Å². The van der Waals surface area contributed by atoms with Crippen molar-refractivity contribution in [3.8, 4) is 0 Å². The number of rotatable bonds is 3. The quantitative estimate of drug-likeness (QED) is 0.914. The standard InChI is InChI=1S/C16H22N2O3S/c1-22(20,21)15-8-3-2-6-12(15)16(19)17-13-9-11-18-10-5-4-7-14(13)18/h2-3,6,8,13-14H,4-5,7,9-11H2,1H3,(H,17,19)/t13-,14-/m0/s1. The maximum absolute atomic E-state index is 12.5. The summed E-state index contributed by atoms with van der Waals surface area (Å²) in [7, 11) is -3.41. The van der Waals surface area contributed by atoms with Gasteiger partial charge in [0.1, 0.15) is 0 Å². The molecule has 2 heterocycles. The zero-order chi connectivity index (χ0) is 15.7. The fraction of sp³-hybridized carbons (Fsp3) is 0.562. The molecule has 1 N–H and O–H groups in total. The van der Waals surface area contributed by atoms with E-state index in [1.54, 1.807) is 18.2 Å². The second-order valence-corrected chi connectivity index (χ2v) is 8.22. The number of nitrogens with one attached hydrogen (secondary N) is 1. The van der Waals surface area contributed by atoms with E-state index >= 15 is 0 Å². The first-order chi connectivity index (χ1) is 10.5. The smallest absolute Gasteiger partial charge is 0.252 e. The maximum atomic E-state index is 12.5. The molecule has 0 saturated carbocycles. The first kappa shape index (κ1) is 15.5. The number of carbonyl (C=O) groups is 1. The number of carbonyl (C=O) groups excluding carboxylic acids is 1. The van der Waals surface area contributed by atoms with Gasteiger partial charge in [0.15, 0.2) is 9.84 Å². The van der Waals surface area contributed by atoms with Crippen molar-refractivity contribution in [1.82, 2.24) is 10.2 Å². The van der Waals surface area contributed by atoms with Crippen LogP contribution in [0.4, 0.5) is 0 Å². The molecule has 2 aliphatic heterocycles. The highest BCUT2D eigenvalue weighted by Crippen LogP contribution is 2.27. The number of nitrogens with zero attached hydrogens (tertiary/aromatic N) is 1. The average molecular weight is 322 g/mol. The third kappa shape index (κ3) is 3.03. The van der Waals surface area contributed by atoms with Crippen molar-refractivity contribution in [3.05, 3.63) is 29.8 Å². The van der Waals surface area contributed by atoms with Crippen LogP contribution in [0.1, 0.15) is 36.0 Å². The first-order valence-electron chi connectivity index (χ1n) is 7.81. The highest BCUT2D eigenvalue weighted by molar-refractivity contribution is 7.90. The van der Waals surface area contributed by atoms with Crippen LogP contribution in [0, 0.1) is 0 Å². The Morgan fingerprint density at radius 3 is 2.73 bits per heavy atom.